The van der Waals surface area contributed by atoms with E-state index in [1.807, 2.05) is 30.5 Å². The van der Waals surface area contributed by atoms with Gasteiger partial charge in [0.2, 0.25) is 11.4 Å². The fourth-order valence-electron chi connectivity index (χ4n) is 7.39. The smallest absolute Gasteiger partial charge is 0.225 e. The molecule has 6 heteroatoms. The Morgan fingerprint density at radius 1 is 0.681 bits per heavy atom. The largest absolute Gasteiger partial charge is 0.457 e. The van der Waals surface area contributed by atoms with E-state index in [9.17, 15) is 0 Å². The van der Waals surface area contributed by atoms with Gasteiger partial charge in [0.15, 0.2) is 23.7 Å². The van der Waals surface area contributed by atoms with Crippen molar-refractivity contribution < 1.29 is 4.74 Å². The van der Waals surface area contributed by atoms with Gasteiger partial charge < -0.3 is 4.74 Å². The van der Waals surface area contributed by atoms with Gasteiger partial charge in [-0.2, -0.15) is 9.18 Å². The lowest BCUT2D eigenvalue weighted by Crippen LogP contribution is -2.46. The van der Waals surface area contributed by atoms with Crippen molar-refractivity contribution in [1.29, 1.82) is 0 Å². The summed E-state index contributed by atoms with van der Waals surface area (Å²) in [7, 11) is 0. The molecule has 0 aliphatic carbocycles. The first-order chi connectivity index (χ1) is 22.8. The molecule has 226 valence electrons. The standard InChI is InChI=1S/C41H32N5O/c1-41(2,3)28-21-22-43-40(23-28)44-36-16-6-5-15-34(36)35-20-19-33(26-37(35)44)47-32-14-10-13-31(25-32)46-27-45(46,38-17-7-8-18-39(38)46)30-12-9-11-29(24-30)42-4/h5-27H,1-3H3/q+1/t45-,46?/m0/s1. The fraction of sp³-hybridized carbons (Fsp3) is 0.0976. The Hall–Kier alpha value is -5.74. The quantitative estimate of drug-likeness (QED) is 0.110. The number of pyridine rings is 1. The number of rotatable bonds is 5. The molecule has 2 atom stereocenters. The molecule has 0 N–H and O–H groups in total. The van der Waals surface area contributed by atoms with Gasteiger partial charge >= 0.3 is 0 Å². The van der Waals surface area contributed by atoms with E-state index in [-0.39, 0.29) is 5.41 Å². The number of nitrogens with zero attached hydrogens (tertiary/aromatic N) is 5. The maximum absolute atomic E-state index is 7.59. The molecule has 1 fully saturated rings. The molecular weight excluding hydrogens is 578 g/mol. The number of ether oxygens (including phenoxy) is 1. The number of fused-ring (bicyclic) bond motifs is 7. The number of hydrogen-bond acceptors (Lipinski definition) is 2. The van der Waals surface area contributed by atoms with Crippen molar-refractivity contribution in [3.8, 4) is 17.3 Å². The van der Waals surface area contributed by atoms with Gasteiger partial charge in [0.25, 0.3) is 0 Å². The molecule has 6 nitrogen and oxygen atoms in total. The van der Waals surface area contributed by atoms with E-state index in [2.05, 4.69) is 140 Å². The number of hydrogen-bond donors (Lipinski definition) is 0. The Morgan fingerprint density at radius 3 is 2.13 bits per heavy atom. The van der Waals surface area contributed by atoms with E-state index >= 15 is 0 Å². The molecule has 9 rings (SSSR count). The summed E-state index contributed by atoms with van der Waals surface area (Å²) >= 11 is 0. The Labute approximate surface area is 273 Å². The minimum atomic E-state index is 0.00372. The lowest BCUT2D eigenvalue weighted by Gasteiger charge is -2.39. The zero-order valence-electron chi connectivity index (χ0n) is 26.4. The Balaban J connectivity index is 1.13. The lowest BCUT2D eigenvalue weighted by molar-refractivity contribution is 0.424. The summed E-state index contributed by atoms with van der Waals surface area (Å²) in [5.41, 5.74) is 8.68. The third kappa shape index (κ3) is 3.82. The van der Waals surface area contributed by atoms with Gasteiger partial charge in [-0.25, -0.2) is 9.83 Å². The summed E-state index contributed by atoms with van der Waals surface area (Å²) in [6.07, 6.45) is 1.91. The highest BCUT2D eigenvalue weighted by atomic mass is 16.5. The minimum Gasteiger partial charge on any atom is -0.457 e. The van der Waals surface area contributed by atoms with Crippen LogP contribution >= 0.6 is 0 Å². The van der Waals surface area contributed by atoms with Gasteiger partial charge in [-0.1, -0.05) is 69.3 Å². The Morgan fingerprint density at radius 2 is 1.36 bits per heavy atom. The molecule has 0 saturated carbocycles. The van der Waals surface area contributed by atoms with E-state index in [0.29, 0.717) is 14.9 Å². The molecule has 47 heavy (non-hydrogen) atoms. The van der Waals surface area contributed by atoms with Crippen molar-refractivity contribution in [3.05, 3.63) is 157 Å². The van der Waals surface area contributed by atoms with E-state index in [4.69, 9.17) is 16.3 Å². The molecule has 5 aromatic carbocycles. The SMILES string of the molecule is [C-]#[N+]c1cccc([N@+]23[CH-][N+]2(c2cccc(Oc4ccc5c6ccccc6n(-c6cc(C(C)(C)C)ccn6)c5c4)c2)c2ccccc23)c1. The number of para-hydroxylation sites is 3. The highest BCUT2D eigenvalue weighted by molar-refractivity contribution is 6.09. The Kier molecular flexibility index (Phi) is 5.65. The minimum absolute atomic E-state index is 0.00372. The second-order valence-corrected chi connectivity index (χ2v) is 13.4. The molecule has 2 aliphatic heterocycles. The number of quaternary nitrogens is 2. The van der Waals surface area contributed by atoms with Crippen LogP contribution in [0.25, 0.3) is 32.5 Å². The average Bonchev–Trinajstić information content (AvgIpc) is 3.59. The molecule has 1 unspecified atom stereocenters. The topological polar surface area (TPSA) is 31.4 Å². The van der Waals surface area contributed by atoms with E-state index < -0.39 is 0 Å². The highest BCUT2D eigenvalue weighted by Crippen LogP contribution is 2.75. The van der Waals surface area contributed by atoms with Gasteiger partial charge in [-0.3, -0.25) is 4.57 Å². The van der Waals surface area contributed by atoms with Crippen molar-refractivity contribution in [2.45, 2.75) is 26.2 Å². The fourth-order valence-corrected chi connectivity index (χ4v) is 7.39. The van der Waals surface area contributed by atoms with Gasteiger partial charge in [-0.05, 0) is 53.4 Å². The number of benzene rings is 5. The van der Waals surface area contributed by atoms with Crippen LogP contribution < -0.4 is 13.9 Å². The second kappa shape index (κ2) is 9.63. The molecule has 7 aromatic rings. The van der Waals surface area contributed by atoms with Crippen LogP contribution in [0.4, 0.5) is 28.4 Å². The van der Waals surface area contributed by atoms with Gasteiger partial charge in [0, 0.05) is 53.4 Å². The average molecular weight is 611 g/mol. The third-order valence-corrected chi connectivity index (χ3v) is 9.68. The molecule has 0 amide bonds. The summed E-state index contributed by atoms with van der Waals surface area (Å²) < 4.78 is 9.98. The van der Waals surface area contributed by atoms with Crippen molar-refractivity contribution in [1.82, 2.24) is 18.7 Å². The first kappa shape index (κ1) is 27.6. The summed E-state index contributed by atoms with van der Waals surface area (Å²) in [5.74, 6) is 2.42. The monoisotopic (exact) mass is 610 g/mol. The van der Waals surface area contributed by atoms with Crippen molar-refractivity contribution in [3.63, 3.8) is 0 Å². The maximum Gasteiger partial charge on any atom is 0.225 e. The molecule has 0 bridgehead atoms. The first-order valence-corrected chi connectivity index (χ1v) is 15.9. The van der Waals surface area contributed by atoms with Crippen LogP contribution in [0.1, 0.15) is 26.3 Å². The van der Waals surface area contributed by atoms with E-state index in [1.54, 1.807) is 0 Å². The maximum atomic E-state index is 7.59. The Bertz CT molecular complexity index is 2450. The normalized spacial score (nSPS) is 19.4. The van der Waals surface area contributed by atoms with Crippen LogP contribution in [0.2, 0.25) is 0 Å². The molecular formula is C41H32N5O+. The van der Waals surface area contributed by atoms with Crippen LogP contribution in [0, 0.1) is 13.2 Å². The molecule has 2 aromatic heterocycles. The van der Waals surface area contributed by atoms with Crippen molar-refractivity contribution in [2.24, 2.45) is 0 Å². The van der Waals surface area contributed by atoms with Crippen LogP contribution in [-0.4, -0.2) is 9.55 Å². The third-order valence-electron chi connectivity index (χ3n) is 9.68. The predicted molar refractivity (Wildman–Crippen MR) is 190 cm³/mol. The summed E-state index contributed by atoms with van der Waals surface area (Å²) in [4.78, 5) is 8.53. The predicted octanol–water partition coefficient (Wildman–Crippen LogP) is 11.2. The summed E-state index contributed by atoms with van der Waals surface area (Å²) in [6.45, 7) is 16.6. The molecule has 2 aliphatic rings. The molecule has 0 spiro atoms. The van der Waals surface area contributed by atoms with Crippen LogP contribution in [0.15, 0.2) is 134 Å². The van der Waals surface area contributed by atoms with Gasteiger partial charge in [0.05, 0.1) is 17.6 Å². The second-order valence-electron chi connectivity index (χ2n) is 13.4. The van der Waals surface area contributed by atoms with Crippen molar-refractivity contribution in [2.75, 3.05) is 0 Å². The van der Waals surface area contributed by atoms with E-state index in [0.717, 1.165) is 45.1 Å². The van der Waals surface area contributed by atoms with E-state index in [1.165, 1.54) is 22.3 Å². The van der Waals surface area contributed by atoms with Crippen molar-refractivity contribution >= 4 is 50.2 Å². The zero-order valence-corrected chi connectivity index (χ0v) is 26.4. The highest BCUT2D eigenvalue weighted by Gasteiger charge is 2.77. The van der Waals surface area contributed by atoms with Gasteiger partial charge in [0.1, 0.15) is 17.3 Å². The molecule has 0 radical (unpaired) electrons. The first-order valence-electron chi connectivity index (χ1n) is 15.9. The lowest BCUT2D eigenvalue weighted by atomic mass is 9.88. The summed E-state index contributed by atoms with van der Waals surface area (Å²) in [5, 5.41) is 2.34. The van der Waals surface area contributed by atoms with Crippen LogP contribution in [-0.2, 0) is 5.41 Å². The van der Waals surface area contributed by atoms with Gasteiger partial charge in [-0.15, -0.1) is 0 Å². The van der Waals surface area contributed by atoms with Crippen LogP contribution in [0.3, 0.4) is 0 Å². The van der Waals surface area contributed by atoms with Crippen LogP contribution in [0.5, 0.6) is 11.5 Å². The zero-order chi connectivity index (χ0) is 32.0. The number of aromatic nitrogens is 2. The molecule has 4 heterocycles. The summed E-state index contributed by atoms with van der Waals surface area (Å²) in [6, 6.07) is 44.0. The molecule has 1 saturated heterocycles.